The molecule has 0 bridgehead atoms. The van der Waals surface area contributed by atoms with Gasteiger partial charge in [0.1, 0.15) is 5.82 Å². The Kier molecular flexibility index (Phi) is 6.58. The molecule has 1 aromatic heterocycles. The smallest absolute Gasteiger partial charge is 0.261 e. The van der Waals surface area contributed by atoms with Crippen LogP contribution < -0.4 is 16.2 Å². The minimum absolute atomic E-state index is 0.0340. The van der Waals surface area contributed by atoms with E-state index in [-0.39, 0.29) is 23.3 Å². The first-order valence-electron chi connectivity index (χ1n) is 11.6. The third-order valence-electron chi connectivity index (χ3n) is 6.11. The lowest BCUT2D eigenvalue weighted by molar-refractivity contribution is -0.118. The molecule has 2 N–H and O–H groups in total. The van der Waals surface area contributed by atoms with E-state index < -0.39 is 0 Å². The van der Waals surface area contributed by atoms with Crippen LogP contribution in [0.2, 0.25) is 0 Å². The number of rotatable bonds is 4. The van der Waals surface area contributed by atoms with Gasteiger partial charge in [-0.05, 0) is 55.7 Å². The number of aryl methyl sites for hydroxylation is 2. The maximum absolute atomic E-state index is 13.0. The number of carbonyl (C=O) groups is 2. The molecule has 33 heavy (non-hydrogen) atoms. The second kappa shape index (κ2) is 9.57. The summed E-state index contributed by atoms with van der Waals surface area (Å²) >= 11 is 0. The number of nitrogens with zero attached hydrogens (tertiary/aromatic N) is 2. The average molecular weight is 447 g/mol. The maximum Gasteiger partial charge on any atom is 0.261 e. The lowest BCUT2D eigenvalue weighted by Gasteiger charge is -2.16. The number of carbonyl (C=O) groups excluding carboxylic acids is 2. The first kappa shape index (κ1) is 22.7. The zero-order valence-electron chi connectivity index (χ0n) is 19.4. The highest BCUT2D eigenvalue weighted by molar-refractivity contribution is 6.06. The number of hydrogen-bond acceptors (Lipinski definition) is 4. The van der Waals surface area contributed by atoms with E-state index >= 15 is 0 Å². The van der Waals surface area contributed by atoms with Crippen molar-refractivity contribution >= 4 is 34.1 Å². The molecule has 0 spiro atoms. The summed E-state index contributed by atoms with van der Waals surface area (Å²) in [5.74, 6) is 0.283. The van der Waals surface area contributed by atoms with Gasteiger partial charge in [-0.3, -0.25) is 19.0 Å². The molecular formula is C26H30N4O3. The quantitative estimate of drug-likeness (QED) is 0.609. The molecule has 7 nitrogen and oxygen atoms in total. The first-order chi connectivity index (χ1) is 15.8. The number of anilines is 2. The molecule has 2 aromatic carbocycles. The molecule has 2 amide bonds. The van der Waals surface area contributed by atoms with E-state index in [4.69, 9.17) is 4.98 Å². The average Bonchev–Trinajstić information content (AvgIpc) is 2.77. The standard InChI is InChI=1S/C26H30N4O3/c1-16(2)24(31)27-19-11-9-17(3)21(15-19)29-25(32)18-10-12-20-22(14-18)28-23-8-6-4-5-7-13-30(23)26(20)33/h9-12,14-16H,4-8,13H2,1-3H3,(H,27,31)(H,29,32). The molecule has 0 saturated heterocycles. The van der Waals surface area contributed by atoms with Gasteiger partial charge in [0.2, 0.25) is 5.91 Å². The Morgan fingerprint density at radius 3 is 2.58 bits per heavy atom. The minimum atomic E-state index is -0.291. The van der Waals surface area contributed by atoms with Crippen molar-refractivity contribution in [3.05, 3.63) is 63.7 Å². The number of amides is 2. The highest BCUT2D eigenvalue weighted by Crippen LogP contribution is 2.22. The monoisotopic (exact) mass is 446 g/mol. The van der Waals surface area contributed by atoms with Gasteiger partial charge >= 0.3 is 0 Å². The van der Waals surface area contributed by atoms with Crippen LogP contribution in [-0.2, 0) is 17.8 Å². The van der Waals surface area contributed by atoms with Crippen molar-refractivity contribution in [3.8, 4) is 0 Å². The zero-order valence-corrected chi connectivity index (χ0v) is 19.4. The first-order valence-corrected chi connectivity index (χ1v) is 11.6. The number of fused-ring (bicyclic) bond motifs is 2. The van der Waals surface area contributed by atoms with Crippen LogP contribution in [0.1, 0.15) is 61.3 Å². The Balaban J connectivity index is 1.62. The topological polar surface area (TPSA) is 93.1 Å². The molecular weight excluding hydrogens is 416 g/mol. The van der Waals surface area contributed by atoms with Crippen molar-refractivity contribution < 1.29 is 9.59 Å². The molecule has 3 aromatic rings. The lowest BCUT2D eigenvalue weighted by atomic mass is 10.1. The van der Waals surface area contributed by atoms with Gasteiger partial charge in [0.15, 0.2) is 0 Å². The highest BCUT2D eigenvalue weighted by Gasteiger charge is 2.16. The van der Waals surface area contributed by atoms with Gasteiger partial charge in [-0.25, -0.2) is 4.98 Å². The maximum atomic E-state index is 13.0. The molecule has 0 unspecified atom stereocenters. The Hall–Kier alpha value is -3.48. The molecule has 2 heterocycles. The SMILES string of the molecule is Cc1ccc(NC(=O)C(C)C)cc1NC(=O)c1ccc2c(=O)n3c(nc2c1)CCCCCC3. The minimum Gasteiger partial charge on any atom is -0.326 e. The molecule has 172 valence electrons. The second-order valence-electron chi connectivity index (χ2n) is 9.01. The Morgan fingerprint density at radius 2 is 1.79 bits per heavy atom. The van der Waals surface area contributed by atoms with Gasteiger partial charge in [-0.2, -0.15) is 0 Å². The third kappa shape index (κ3) is 4.97. The predicted molar refractivity (Wildman–Crippen MR) is 131 cm³/mol. The fourth-order valence-electron chi connectivity index (χ4n) is 4.05. The molecule has 4 rings (SSSR count). The summed E-state index contributed by atoms with van der Waals surface area (Å²) in [6, 6.07) is 10.5. The van der Waals surface area contributed by atoms with Crippen molar-refractivity contribution in [2.75, 3.05) is 10.6 Å². The molecule has 1 aliphatic heterocycles. The van der Waals surface area contributed by atoms with Crippen molar-refractivity contribution in [3.63, 3.8) is 0 Å². The molecule has 0 saturated carbocycles. The Morgan fingerprint density at radius 1 is 1.00 bits per heavy atom. The normalized spacial score (nSPS) is 13.8. The predicted octanol–water partition coefficient (Wildman–Crippen LogP) is 4.67. The number of benzene rings is 2. The summed E-state index contributed by atoms with van der Waals surface area (Å²) in [7, 11) is 0. The second-order valence-corrected chi connectivity index (χ2v) is 9.01. The van der Waals surface area contributed by atoms with Crippen molar-refractivity contribution in [1.29, 1.82) is 0 Å². The van der Waals surface area contributed by atoms with E-state index in [0.29, 0.717) is 34.4 Å². The molecule has 0 radical (unpaired) electrons. The van der Waals surface area contributed by atoms with Crippen molar-refractivity contribution in [2.45, 2.75) is 59.4 Å². The van der Waals surface area contributed by atoms with E-state index in [1.807, 2.05) is 32.9 Å². The number of hydrogen-bond donors (Lipinski definition) is 2. The van der Waals surface area contributed by atoms with Gasteiger partial charge < -0.3 is 10.6 Å². The number of aromatic nitrogens is 2. The van der Waals surface area contributed by atoms with Crippen molar-refractivity contribution in [1.82, 2.24) is 9.55 Å². The highest BCUT2D eigenvalue weighted by atomic mass is 16.2. The number of nitrogens with one attached hydrogen (secondary N) is 2. The van der Waals surface area contributed by atoms with Crippen LogP contribution in [-0.4, -0.2) is 21.4 Å². The largest absolute Gasteiger partial charge is 0.326 e. The van der Waals surface area contributed by atoms with Gasteiger partial charge in [-0.1, -0.05) is 32.8 Å². The van der Waals surface area contributed by atoms with E-state index in [0.717, 1.165) is 43.5 Å². The summed E-state index contributed by atoms with van der Waals surface area (Å²) in [5.41, 5.74) is 3.07. The van der Waals surface area contributed by atoms with Crippen LogP contribution in [0.4, 0.5) is 11.4 Å². The summed E-state index contributed by atoms with van der Waals surface area (Å²) in [6.07, 6.45) is 5.05. The summed E-state index contributed by atoms with van der Waals surface area (Å²) in [6.45, 7) is 6.24. The molecule has 0 atom stereocenters. The molecule has 7 heteroatoms. The zero-order chi connectivity index (χ0) is 23.5. The van der Waals surface area contributed by atoms with Gasteiger partial charge in [0.25, 0.3) is 11.5 Å². The fraction of sp³-hybridized carbons (Fsp3) is 0.385. The van der Waals surface area contributed by atoms with Crippen LogP contribution >= 0.6 is 0 Å². The Bertz CT molecular complexity index is 1280. The van der Waals surface area contributed by atoms with Gasteiger partial charge in [-0.15, -0.1) is 0 Å². The van der Waals surface area contributed by atoms with Gasteiger partial charge in [0, 0.05) is 35.8 Å². The lowest BCUT2D eigenvalue weighted by Crippen LogP contribution is -2.26. The molecule has 0 aliphatic carbocycles. The van der Waals surface area contributed by atoms with E-state index in [2.05, 4.69) is 10.6 Å². The van der Waals surface area contributed by atoms with Crippen LogP contribution in [0.25, 0.3) is 10.9 Å². The van der Waals surface area contributed by atoms with Crippen LogP contribution in [0.5, 0.6) is 0 Å². The molecule has 1 aliphatic rings. The summed E-state index contributed by atoms with van der Waals surface area (Å²) < 4.78 is 1.79. The van der Waals surface area contributed by atoms with Crippen LogP contribution in [0, 0.1) is 12.8 Å². The molecule has 0 fully saturated rings. The van der Waals surface area contributed by atoms with Crippen LogP contribution in [0.15, 0.2) is 41.2 Å². The van der Waals surface area contributed by atoms with E-state index in [1.54, 1.807) is 28.8 Å². The summed E-state index contributed by atoms with van der Waals surface area (Å²) in [5, 5.41) is 6.31. The Labute approximate surface area is 193 Å². The summed E-state index contributed by atoms with van der Waals surface area (Å²) in [4.78, 5) is 42.8. The third-order valence-corrected chi connectivity index (χ3v) is 6.11. The van der Waals surface area contributed by atoms with E-state index in [1.165, 1.54) is 0 Å². The van der Waals surface area contributed by atoms with Gasteiger partial charge in [0.05, 0.1) is 10.9 Å². The van der Waals surface area contributed by atoms with Crippen LogP contribution in [0.3, 0.4) is 0 Å². The fourth-order valence-corrected chi connectivity index (χ4v) is 4.05. The van der Waals surface area contributed by atoms with Crippen molar-refractivity contribution in [2.24, 2.45) is 5.92 Å². The van der Waals surface area contributed by atoms with E-state index in [9.17, 15) is 14.4 Å².